The monoisotopic (exact) mass is 295 g/mol. The SMILES string of the molecule is C/C=C/CCCC(C)/C(O)=C1\C(=O)[C@H](C(C)O)N(C)C1=O. The van der Waals surface area contributed by atoms with Crippen LogP contribution in [-0.4, -0.2) is 46.0 Å². The van der Waals surface area contributed by atoms with E-state index in [1.807, 2.05) is 19.1 Å². The van der Waals surface area contributed by atoms with Crippen molar-refractivity contribution in [3.63, 3.8) is 0 Å². The molecule has 0 aromatic rings. The number of hydrogen-bond acceptors (Lipinski definition) is 4. The molecule has 21 heavy (non-hydrogen) atoms. The van der Waals surface area contributed by atoms with Crippen LogP contribution in [0.25, 0.3) is 0 Å². The average molecular weight is 295 g/mol. The van der Waals surface area contributed by atoms with Crippen LogP contribution in [0, 0.1) is 5.92 Å². The van der Waals surface area contributed by atoms with E-state index in [0.29, 0.717) is 6.42 Å². The maximum Gasteiger partial charge on any atom is 0.261 e. The van der Waals surface area contributed by atoms with E-state index in [4.69, 9.17) is 0 Å². The summed E-state index contributed by atoms with van der Waals surface area (Å²) in [5.41, 5.74) is -0.165. The Bertz CT molecular complexity index is 465. The quantitative estimate of drug-likeness (QED) is 0.258. The van der Waals surface area contributed by atoms with Crippen molar-refractivity contribution in [3.05, 3.63) is 23.5 Å². The predicted octanol–water partition coefficient (Wildman–Crippen LogP) is 1.97. The van der Waals surface area contributed by atoms with E-state index >= 15 is 0 Å². The molecule has 2 N–H and O–H groups in total. The summed E-state index contributed by atoms with van der Waals surface area (Å²) in [7, 11) is 1.47. The summed E-state index contributed by atoms with van der Waals surface area (Å²) >= 11 is 0. The van der Waals surface area contributed by atoms with Crippen molar-refractivity contribution >= 4 is 11.7 Å². The molecule has 3 atom stereocenters. The number of Topliss-reactive ketones (excluding diaryl/α,β-unsaturated/α-hetero) is 1. The summed E-state index contributed by atoms with van der Waals surface area (Å²) in [6.07, 6.45) is 5.53. The molecule has 5 nitrogen and oxygen atoms in total. The fraction of sp³-hybridized carbons (Fsp3) is 0.625. The maximum atomic E-state index is 12.2. The number of ketones is 1. The zero-order chi connectivity index (χ0) is 16.2. The van der Waals surface area contributed by atoms with Crippen molar-refractivity contribution in [1.82, 2.24) is 4.90 Å². The number of likely N-dealkylation sites (N-methyl/N-ethyl adjacent to an activating group) is 1. The molecule has 0 spiro atoms. The van der Waals surface area contributed by atoms with Gasteiger partial charge in [-0.15, -0.1) is 0 Å². The molecule has 0 bridgehead atoms. The van der Waals surface area contributed by atoms with E-state index in [1.54, 1.807) is 6.92 Å². The highest BCUT2D eigenvalue weighted by Crippen LogP contribution is 2.28. The minimum atomic E-state index is -0.957. The van der Waals surface area contributed by atoms with Gasteiger partial charge in [-0.2, -0.15) is 0 Å². The minimum Gasteiger partial charge on any atom is -0.511 e. The molecule has 1 aliphatic heterocycles. The normalized spacial score (nSPS) is 24.8. The third-order valence-corrected chi connectivity index (χ3v) is 3.89. The second-order valence-corrected chi connectivity index (χ2v) is 5.63. The number of allylic oxidation sites excluding steroid dienone is 3. The molecule has 1 saturated heterocycles. The van der Waals surface area contributed by atoms with Gasteiger partial charge in [-0.1, -0.05) is 19.1 Å². The van der Waals surface area contributed by atoms with E-state index in [9.17, 15) is 19.8 Å². The first-order valence-corrected chi connectivity index (χ1v) is 7.36. The summed E-state index contributed by atoms with van der Waals surface area (Å²) < 4.78 is 0. The van der Waals surface area contributed by atoms with Crippen molar-refractivity contribution < 1.29 is 19.8 Å². The number of nitrogens with zero attached hydrogens (tertiary/aromatic N) is 1. The van der Waals surface area contributed by atoms with Gasteiger partial charge in [0, 0.05) is 13.0 Å². The molecule has 2 unspecified atom stereocenters. The first-order chi connectivity index (χ1) is 9.82. The topological polar surface area (TPSA) is 77.8 Å². The zero-order valence-corrected chi connectivity index (χ0v) is 13.2. The number of amides is 1. The molecular formula is C16H25NO4. The Morgan fingerprint density at radius 3 is 2.48 bits per heavy atom. The van der Waals surface area contributed by atoms with Crippen LogP contribution in [0.4, 0.5) is 0 Å². The molecule has 0 aliphatic carbocycles. The second kappa shape index (κ2) is 7.41. The number of rotatable bonds is 6. The summed E-state index contributed by atoms with van der Waals surface area (Å²) in [5, 5.41) is 19.9. The number of hydrogen-bond donors (Lipinski definition) is 2. The first-order valence-electron chi connectivity index (χ1n) is 7.36. The van der Waals surface area contributed by atoms with Crippen LogP contribution in [0.2, 0.25) is 0 Å². The van der Waals surface area contributed by atoms with E-state index in [0.717, 1.165) is 12.8 Å². The molecule has 0 aromatic carbocycles. The Morgan fingerprint density at radius 2 is 2.00 bits per heavy atom. The first kappa shape index (κ1) is 17.4. The molecular weight excluding hydrogens is 270 g/mol. The average Bonchev–Trinajstić information content (AvgIpc) is 2.64. The minimum absolute atomic E-state index is 0.152. The van der Waals surface area contributed by atoms with Crippen LogP contribution >= 0.6 is 0 Å². The van der Waals surface area contributed by atoms with E-state index in [2.05, 4.69) is 0 Å². The van der Waals surface area contributed by atoms with E-state index < -0.39 is 23.8 Å². The van der Waals surface area contributed by atoms with Crippen molar-refractivity contribution in [2.24, 2.45) is 5.92 Å². The van der Waals surface area contributed by atoms with Crippen LogP contribution < -0.4 is 0 Å². The van der Waals surface area contributed by atoms with Crippen molar-refractivity contribution in [1.29, 1.82) is 0 Å². The largest absolute Gasteiger partial charge is 0.511 e. The highest BCUT2D eigenvalue weighted by molar-refractivity contribution is 6.26. The molecule has 1 rings (SSSR count). The van der Waals surface area contributed by atoms with Gasteiger partial charge < -0.3 is 15.1 Å². The number of aliphatic hydroxyl groups is 2. The zero-order valence-electron chi connectivity index (χ0n) is 13.2. The van der Waals surface area contributed by atoms with Gasteiger partial charge in [0.15, 0.2) is 5.78 Å². The second-order valence-electron chi connectivity index (χ2n) is 5.63. The Morgan fingerprint density at radius 1 is 1.38 bits per heavy atom. The Kier molecular flexibility index (Phi) is 6.15. The number of carbonyl (C=O) groups excluding carboxylic acids is 2. The highest BCUT2D eigenvalue weighted by atomic mass is 16.3. The Labute approximate surface area is 125 Å². The lowest BCUT2D eigenvalue weighted by Gasteiger charge is -2.19. The standard InChI is InChI=1S/C16H25NO4/c1-5-6-7-8-9-10(2)14(19)12-15(20)13(11(3)18)17(4)16(12)21/h5-6,10-11,13,18-19H,7-9H2,1-4H3/b6-5+,14-12-/t10?,11?,13-/m0/s1. The number of carbonyl (C=O) groups is 2. The van der Waals surface area contributed by atoms with Crippen molar-refractivity contribution in [2.45, 2.75) is 52.2 Å². The highest BCUT2D eigenvalue weighted by Gasteiger charge is 2.45. The van der Waals surface area contributed by atoms with Gasteiger partial charge in [0.25, 0.3) is 5.91 Å². The molecule has 0 aromatic heterocycles. The lowest BCUT2D eigenvalue weighted by molar-refractivity contribution is -0.128. The number of unbranched alkanes of at least 4 members (excludes halogenated alkanes) is 1. The van der Waals surface area contributed by atoms with Crippen LogP contribution in [0.15, 0.2) is 23.5 Å². The van der Waals surface area contributed by atoms with Gasteiger partial charge in [0.2, 0.25) is 0 Å². The molecule has 1 fully saturated rings. The maximum absolute atomic E-state index is 12.2. The molecule has 1 amide bonds. The third kappa shape index (κ3) is 3.73. The predicted molar refractivity (Wildman–Crippen MR) is 80.7 cm³/mol. The Hall–Kier alpha value is -1.62. The van der Waals surface area contributed by atoms with E-state index in [-0.39, 0.29) is 17.3 Å². The number of likely N-dealkylation sites (tertiary alicyclic amines) is 1. The summed E-state index contributed by atoms with van der Waals surface area (Å²) in [4.78, 5) is 25.6. The fourth-order valence-electron chi connectivity index (χ4n) is 2.60. The summed E-state index contributed by atoms with van der Waals surface area (Å²) in [6, 6.07) is -0.898. The van der Waals surface area contributed by atoms with Gasteiger partial charge in [0.1, 0.15) is 17.4 Å². The van der Waals surface area contributed by atoms with Gasteiger partial charge in [-0.3, -0.25) is 9.59 Å². The van der Waals surface area contributed by atoms with Crippen LogP contribution in [0.3, 0.4) is 0 Å². The molecule has 1 heterocycles. The van der Waals surface area contributed by atoms with Crippen LogP contribution in [-0.2, 0) is 9.59 Å². The van der Waals surface area contributed by atoms with Gasteiger partial charge in [0.05, 0.1) is 6.10 Å². The number of aliphatic hydroxyl groups excluding tert-OH is 2. The fourth-order valence-corrected chi connectivity index (χ4v) is 2.60. The molecule has 1 aliphatic rings. The molecule has 5 heteroatoms. The lowest BCUT2D eigenvalue weighted by Crippen LogP contribution is -2.40. The van der Waals surface area contributed by atoms with Crippen LogP contribution in [0.5, 0.6) is 0 Å². The summed E-state index contributed by atoms with van der Waals surface area (Å²) in [6.45, 7) is 5.21. The van der Waals surface area contributed by atoms with E-state index in [1.165, 1.54) is 18.9 Å². The summed E-state index contributed by atoms with van der Waals surface area (Å²) in [5.74, 6) is -1.40. The van der Waals surface area contributed by atoms with Crippen molar-refractivity contribution in [3.8, 4) is 0 Å². The van der Waals surface area contributed by atoms with Gasteiger partial charge >= 0.3 is 0 Å². The van der Waals surface area contributed by atoms with Gasteiger partial charge in [-0.05, 0) is 33.1 Å². The molecule has 0 saturated carbocycles. The van der Waals surface area contributed by atoms with Crippen LogP contribution in [0.1, 0.15) is 40.0 Å². The third-order valence-electron chi connectivity index (χ3n) is 3.89. The Balaban J connectivity index is 2.89. The van der Waals surface area contributed by atoms with Gasteiger partial charge in [-0.25, -0.2) is 0 Å². The molecule has 0 radical (unpaired) electrons. The molecule has 118 valence electrons. The smallest absolute Gasteiger partial charge is 0.261 e. The lowest BCUT2D eigenvalue weighted by atomic mass is 9.95. The van der Waals surface area contributed by atoms with Crippen molar-refractivity contribution in [2.75, 3.05) is 7.05 Å².